The van der Waals surface area contributed by atoms with Crippen molar-refractivity contribution in [3.05, 3.63) is 0 Å². The molecular formula is C11H21N3O4. The van der Waals surface area contributed by atoms with E-state index in [1.165, 1.54) is 11.9 Å². The van der Waals surface area contributed by atoms with Gasteiger partial charge in [-0.1, -0.05) is 0 Å². The second-order valence-electron chi connectivity index (χ2n) is 4.22. The molecule has 0 aliphatic rings. The van der Waals surface area contributed by atoms with E-state index >= 15 is 0 Å². The van der Waals surface area contributed by atoms with E-state index in [0.717, 1.165) is 0 Å². The van der Waals surface area contributed by atoms with Crippen molar-refractivity contribution < 1.29 is 19.5 Å². The van der Waals surface area contributed by atoms with Crippen LogP contribution >= 0.6 is 0 Å². The SMILES string of the molecule is CNC(=O)C(C)NC(=O)N(CCC(=O)O)C(C)C. The lowest BCUT2D eigenvalue weighted by Gasteiger charge is -2.27. The smallest absolute Gasteiger partial charge is 0.318 e. The molecule has 3 amide bonds. The van der Waals surface area contributed by atoms with Gasteiger partial charge in [0.05, 0.1) is 6.42 Å². The molecule has 18 heavy (non-hydrogen) atoms. The zero-order valence-corrected chi connectivity index (χ0v) is 11.2. The van der Waals surface area contributed by atoms with Crippen LogP contribution < -0.4 is 10.6 Å². The van der Waals surface area contributed by atoms with Crippen LogP contribution in [0.15, 0.2) is 0 Å². The molecule has 3 N–H and O–H groups in total. The van der Waals surface area contributed by atoms with Gasteiger partial charge in [0, 0.05) is 19.6 Å². The van der Waals surface area contributed by atoms with Crippen molar-refractivity contribution in [3.63, 3.8) is 0 Å². The van der Waals surface area contributed by atoms with Crippen LogP contribution in [0.5, 0.6) is 0 Å². The van der Waals surface area contributed by atoms with Crippen molar-refractivity contribution in [1.82, 2.24) is 15.5 Å². The van der Waals surface area contributed by atoms with E-state index in [9.17, 15) is 14.4 Å². The average molecular weight is 259 g/mol. The lowest BCUT2D eigenvalue weighted by Crippen LogP contribution is -2.51. The molecule has 104 valence electrons. The van der Waals surface area contributed by atoms with Gasteiger partial charge in [0.15, 0.2) is 0 Å². The summed E-state index contributed by atoms with van der Waals surface area (Å²) >= 11 is 0. The highest BCUT2D eigenvalue weighted by molar-refractivity contribution is 5.86. The number of likely N-dealkylation sites (N-methyl/N-ethyl adjacent to an activating group) is 1. The summed E-state index contributed by atoms with van der Waals surface area (Å²) in [7, 11) is 1.48. The summed E-state index contributed by atoms with van der Waals surface area (Å²) in [6, 6.07) is -1.24. The maximum Gasteiger partial charge on any atom is 0.318 e. The largest absolute Gasteiger partial charge is 0.481 e. The van der Waals surface area contributed by atoms with Crippen LogP contribution in [-0.4, -0.2) is 53.6 Å². The fraction of sp³-hybridized carbons (Fsp3) is 0.727. The molecule has 0 heterocycles. The Kier molecular flexibility index (Phi) is 6.77. The Morgan fingerprint density at radius 2 is 1.78 bits per heavy atom. The Morgan fingerprint density at radius 1 is 1.22 bits per heavy atom. The molecule has 0 bridgehead atoms. The molecule has 1 atom stereocenters. The standard InChI is InChI=1S/C11H21N3O4/c1-7(2)14(6-5-9(15)16)11(18)13-8(3)10(17)12-4/h7-8H,5-6H2,1-4H3,(H,12,17)(H,13,18)(H,15,16). The van der Waals surface area contributed by atoms with Gasteiger partial charge >= 0.3 is 12.0 Å². The summed E-state index contributed by atoms with van der Waals surface area (Å²) in [6.45, 7) is 5.24. The second-order valence-corrected chi connectivity index (χ2v) is 4.22. The van der Waals surface area contributed by atoms with E-state index in [2.05, 4.69) is 10.6 Å². The number of nitrogens with one attached hydrogen (secondary N) is 2. The Labute approximate surface area is 107 Å². The highest BCUT2D eigenvalue weighted by Gasteiger charge is 2.21. The molecule has 7 nitrogen and oxygen atoms in total. The number of carboxylic acids is 1. The van der Waals surface area contributed by atoms with Crippen molar-refractivity contribution in [2.45, 2.75) is 39.3 Å². The van der Waals surface area contributed by atoms with E-state index in [1.807, 2.05) is 0 Å². The first kappa shape index (κ1) is 16.2. The number of carbonyl (C=O) groups is 3. The first-order valence-corrected chi connectivity index (χ1v) is 5.80. The average Bonchev–Trinajstić information content (AvgIpc) is 2.26. The second kappa shape index (κ2) is 7.52. The quantitative estimate of drug-likeness (QED) is 0.626. The van der Waals surface area contributed by atoms with Crippen molar-refractivity contribution in [3.8, 4) is 0 Å². The topological polar surface area (TPSA) is 98.7 Å². The molecule has 0 aliphatic carbocycles. The number of hydrogen-bond donors (Lipinski definition) is 3. The van der Waals surface area contributed by atoms with Gasteiger partial charge in [0.25, 0.3) is 0 Å². The van der Waals surface area contributed by atoms with Crippen molar-refractivity contribution >= 4 is 17.9 Å². The third-order valence-corrected chi connectivity index (χ3v) is 2.43. The number of hydrogen-bond acceptors (Lipinski definition) is 3. The lowest BCUT2D eigenvalue weighted by molar-refractivity contribution is -0.137. The molecule has 0 aliphatic heterocycles. The first-order chi connectivity index (χ1) is 8.29. The normalized spacial score (nSPS) is 11.8. The Hall–Kier alpha value is -1.79. The highest BCUT2D eigenvalue weighted by Crippen LogP contribution is 2.01. The van der Waals surface area contributed by atoms with Crippen molar-refractivity contribution in [2.24, 2.45) is 0 Å². The maximum absolute atomic E-state index is 11.9. The van der Waals surface area contributed by atoms with Crippen LogP contribution in [0.1, 0.15) is 27.2 Å². The molecule has 0 aromatic heterocycles. The van der Waals surface area contributed by atoms with E-state index in [1.54, 1.807) is 20.8 Å². The van der Waals surface area contributed by atoms with Crippen LogP contribution in [0.4, 0.5) is 4.79 Å². The van der Waals surface area contributed by atoms with E-state index in [4.69, 9.17) is 5.11 Å². The number of aliphatic carboxylic acids is 1. The van der Waals surface area contributed by atoms with Gasteiger partial charge in [-0.15, -0.1) is 0 Å². The van der Waals surface area contributed by atoms with Gasteiger partial charge < -0.3 is 20.6 Å². The molecule has 0 saturated heterocycles. The minimum absolute atomic E-state index is 0.110. The zero-order chi connectivity index (χ0) is 14.3. The lowest BCUT2D eigenvalue weighted by atomic mass is 10.3. The summed E-state index contributed by atoms with van der Waals surface area (Å²) < 4.78 is 0. The Bertz CT molecular complexity index is 317. The summed E-state index contributed by atoms with van der Waals surface area (Å²) in [5, 5.41) is 13.6. The van der Waals surface area contributed by atoms with Crippen LogP contribution in [0.25, 0.3) is 0 Å². The van der Waals surface area contributed by atoms with E-state index < -0.39 is 18.0 Å². The van der Waals surface area contributed by atoms with Crippen LogP contribution in [0.3, 0.4) is 0 Å². The Morgan fingerprint density at radius 3 is 2.17 bits per heavy atom. The van der Waals surface area contributed by atoms with Crippen LogP contribution in [0, 0.1) is 0 Å². The molecule has 0 radical (unpaired) electrons. The number of carbonyl (C=O) groups excluding carboxylic acids is 2. The molecule has 0 saturated carbocycles. The monoisotopic (exact) mass is 259 g/mol. The predicted molar refractivity (Wildman–Crippen MR) is 66.2 cm³/mol. The first-order valence-electron chi connectivity index (χ1n) is 5.80. The number of carboxylic acid groups (broad SMARTS) is 1. The van der Waals surface area contributed by atoms with Gasteiger partial charge in [-0.05, 0) is 20.8 Å². The molecule has 0 rings (SSSR count). The Balaban J connectivity index is 4.48. The third-order valence-electron chi connectivity index (χ3n) is 2.43. The summed E-state index contributed by atoms with van der Waals surface area (Å²) in [5.41, 5.74) is 0. The van der Waals surface area contributed by atoms with E-state index in [-0.39, 0.29) is 24.9 Å². The van der Waals surface area contributed by atoms with Crippen molar-refractivity contribution in [2.75, 3.05) is 13.6 Å². The van der Waals surface area contributed by atoms with Gasteiger partial charge in [-0.25, -0.2) is 4.79 Å². The molecule has 0 aromatic carbocycles. The fourth-order valence-electron chi connectivity index (χ4n) is 1.36. The minimum atomic E-state index is -0.965. The summed E-state index contributed by atoms with van der Waals surface area (Å²) in [4.78, 5) is 35.0. The fourth-order valence-corrected chi connectivity index (χ4v) is 1.36. The third kappa shape index (κ3) is 5.51. The van der Waals surface area contributed by atoms with Crippen molar-refractivity contribution in [1.29, 1.82) is 0 Å². The molecule has 1 unspecified atom stereocenters. The zero-order valence-electron chi connectivity index (χ0n) is 11.2. The molecule has 0 fully saturated rings. The van der Waals surface area contributed by atoms with Gasteiger partial charge in [-0.2, -0.15) is 0 Å². The van der Waals surface area contributed by atoms with Crippen LogP contribution in [-0.2, 0) is 9.59 Å². The minimum Gasteiger partial charge on any atom is -0.481 e. The number of rotatable bonds is 6. The van der Waals surface area contributed by atoms with Gasteiger partial charge in [0.1, 0.15) is 6.04 Å². The maximum atomic E-state index is 11.9. The molecule has 7 heteroatoms. The number of urea groups is 1. The molecular weight excluding hydrogens is 238 g/mol. The van der Waals surface area contributed by atoms with Gasteiger partial charge in [-0.3, -0.25) is 9.59 Å². The van der Waals surface area contributed by atoms with Gasteiger partial charge in [0.2, 0.25) is 5.91 Å². The highest BCUT2D eigenvalue weighted by atomic mass is 16.4. The van der Waals surface area contributed by atoms with E-state index in [0.29, 0.717) is 0 Å². The summed E-state index contributed by atoms with van der Waals surface area (Å²) in [6.07, 6.45) is -0.125. The van der Waals surface area contributed by atoms with Crippen LogP contribution in [0.2, 0.25) is 0 Å². The predicted octanol–water partition coefficient (Wildman–Crippen LogP) is 0.0156. The molecule has 0 spiro atoms. The number of amides is 3. The molecule has 0 aromatic rings. The number of nitrogens with zero attached hydrogens (tertiary/aromatic N) is 1. The summed E-state index contributed by atoms with van der Waals surface area (Å²) in [5.74, 6) is -1.27.